The Morgan fingerprint density at radius 2 is 1.83 bits per heavy atom. The number of aromatic nitrogens is 3. The van der Waals surface area contributed by atoms with E-state index >= 15 is 0 Å². The Morgan fingerprint density at radius 1 is 1.03 bits per heavy atom. The third-order valence-electron chi connectivity index (χ3n) is 4.66. The van der Waals surface area contributed by atoms with E-state index in [0.717, 1.165) is 29.9 Å². The first-order valence-electron chi connectivity index (χ1n) is 9.94. The van der Waals surface area contributed by atoms with Crippen molar-refractivity contribution in [3.05, 3.63) is 75.0 Å². The molecule has 4 aromatic rings. The van der Waals surface area contributed by atoms with E-state index in [-0.39, 0.29) is 5.56 Å². The lowest BCUT2D eigenvalue weighted by Gasteiger charge is -2.06. The van der Waals surface area contributed by atoms with E-state index in [1.807, 2.05) is 60.7 Å². The Hall–Kier alpha value is -2.99. The quantitative estimate of drug-likeness (QED) is 0.410. The van der Waals surface area contributed by atoms with Gasteiger partial charge in [-0.1, -0.05) is 67.9 Å². The number of thiazole rings is 1. The van der Waals surface area contributed by atoms with E-state index in [1.165, 1.54) is 35.1 Å². The second-order valence-electron chi connectivity index (χ2n) is 6.89. The van der Waals surface area contributed by atoms with Gasteiger partial charge in [0.25, 0.3) is 5.56 Å². The van der Waals surface area contributed by atoms with Crippen LogP contribution in [0, 0.1) is 0 Å². The predicted octanol–water partition coefficient (Wildman–Crippen LogP) is 4.32. The molecule has 2 aromatic heterocycles. The van der Waals surface area contributed by atoms with Crippen LogP contribution in [0.2, 0.25) is 0 Å². The van der Waals surface area contributed by atoms with Crippen LogP contribution in [0.3, 0.4) is 0 Å². The number of rotatable bonds is 8. The number of unbranched alkanes of at least 4 members (excludes halogenated alkanes) is 3. The summed E-state index contributed by atoms with van der Waals surface area (Å²) >= 11 is 1.35. The molecule has 4 rings (SSSR count). The summed E-state index contributed by atoms with van der Waals surface area (Å²) in [6, 6.07) is 17.5. The maximum Gasteiger partial charge on any atom is 0.291 e. The smallest absolute Gasteiger partial charge is 0.291 e. The van der Waals surface area contributed by atoms with Crippen LogP contribution in [0.25, 0.3) is 22.4 Å². The summed E-state index contributed by atoms with van der Waals surface area (Å²) in [5.41, 5.74) is 1.71. The van der Waals surface area contributed by atoms with Gasteiger partial charge < -0.3 is 4.74 Å². The molecular formula is C23H23N3O2S. The highest BCUT2D eigenvalue weighted by atomic mass is 32.1. The van der Waals surface area contributed by atoms with Crippen LogP contribution in [0.5, 0.6) is 5.75 Å². The lowest BCUT2D eigenvalue weighted by atomic mass is 10.2. The second kappa shape index (κ2) is 9.01. The Bertz CT molecular complexity index is 1180. The van der Waals surface area contributed by atoms with Gasteiger partial charge in [0.2, 0.25) is 4.96 Å². The van der Waals surface area contributed by atoms with Crippen molar-refractivity contribution in [1.82, 2.24) is 14.6 Å². The van der Waals surface area contributed by atoms with Gasteiger partial charge in [0.1, 0.15) is 5.75 Å². The Morgan fingerprint density at radius 3 is 2.55 bits per heavy atom. The zero-order valence-corrected chi connectivity index (χ0v) is 17.2. The highest BCUT2D eigenvalue weighted by Crippen LogP contribution is 2.20. The van der Waals surface area contributed by atoms with Gasteiger partial charge in [0, 0.05) is 5.56 Å². The topological polar surface area (TPSA) is 56.5 Å². The fourth-order valence-corrected chi connectivity index (χ4v) is 3.98. The molecule has 0 aliphatic heterocycles. The van der Waals surface area contributed by atoms with E-state index in [0.29, 0.717) is 15.3 Å². The normalized spacial score (nSPS) is 12.0. The largest absolute Gasteiger partial charge is 0.494 e. The first-order valence-corrected chi connectivity index (χ1v) is 10.8. The van der Waals surface area contributed by atoms with Crippen molar-refractivity contribution in [3.63, 3.8) is 0 Å². The van der Waals surface area contributed by atoms with Crippen LogP contribution in [0.4, 0.5) is 0 Å². The van der Waals surface area contributed by atoms with Crippen LogP contribution in [0.15, 0.2) is 59.4 Å². The predicted molar refractivity (Wildman–Crippen MR) is 117 cm³/mol. The van der Waals surface area contributed by atoms with E-state index < -0.39 is 0 Å². The summed E-state index contributed by atoms with van der Waals surface area (Å²) in [5.74, 6) is 1.39. The van der Waals surface area contributed by atoms with Gasteiger partial charge in [0.15, 0.2) is 5.82 Å². The lowest BCUT2D eigenvalue weighted by Crippen LogP contribution is -2.23. The molecule has 0 N–H and O–H groups in total. The molecule has 148 valence electrons. The summed E-state index contributed by atoms with van der Waals surface area (Å²) in [7, 11) is 0. The molecule has 0 aliphatic carbocycles. The molecule has 0 unspecified atom stereocenters. The molecule has 0 bridgehead atoms. The fourth-order valence-electron chi connectivity index (χ4n) is 3.08. The highest BCUT2D eigenvalue weighted by Gasteiger charge is 2.12. The zero-order chi connectivity index (χ0) is 20.1. The molecule has 0 amide bonds. The molecule has 0 aliphatic rings. The average Bonchev–Trinajstić information content (AvgIpc) is 3.29. The van der Waals surface area contributed by atoms with E-state index in [9.17, 15) is 4.79 Å². The number of fused-ring (bicyclic) bond motifs is 1. The Kier molecular flexibility index (Phi) is 6.00. The first kappa shape index (κ1) is 19.3. The summed E-state index contributed by atoms with van der Waals surface area (Å²) in [6.07, 6.45) is 6.61. The minimum atomic E-state index is -0.139. The summed E-state index contributed by atoms with van der Waals surface area (Å²) in [5, 5.41) is 4.41. The molecule has 5 nitrogen and oxygen atoms in total. The minimum absolute atomic E-state index is 0.139. The van der Waals surface area contributed by atoms with E-state index in [4.69, 9.17) is 4.74 Å². The summed E-state index contributed by atoms with van der Waals surface area (Å²) < 4.78 is 7.79. The number of hydrogen-bond donors (Lipinski definition) is 0. The van der Waals surface area contributed by atoms with Crippen molar-refractivity contribution in [2.24, 2.45) is 0 Å². The maximum atomic E-state index is 12.6. The molecule has 0 fully saturated rings. The van der Waals surface area contributed by atoms with Crippen molar-refractivity contribution >= 4 is 22.4 Å². The van der Waals surface area contributed by atoms with Crippen molar-refractivity contribution in [2.45, 2.75) is 32.6 Å². The molecule has 6 heteroatoms. The first-order chi connectivity index (χ1) is 14.2. The number of benzene rings is 2. The molecule has 2 heterocycles. The van der Waals surface area contributed by atoms with Gasteiger partial charge in [-0.05, 0) is 42.3 Å². The van der Waals surface area contributed by atoms with Crippen molar-refractivity contribution in [2.75, 3.05) is 6.61 Å². The van der Waals surface area contributed by atoms with Crippen molar-refractivity contribution in [3.8, 4) is 17.1 Å². The fraction of sp³-hybridized carbons (Fsp3) is 0.261. The van der Waals surface area contributed by atoms with Crippen LogP contribution in [-0.4, -0.2) is 21.2 Å². The van der Waals surface area contributed by atoms with Gasteiger partial charge >= 0.3 is 0 Å². The monoisotopic (exact) mass is 405 g/mol. The van der Waals surface area contributed by atoms with E-state index in [2.05, 4.69) is 17.0 Å². The average molecular weight is 406 g/mol. The third-order valence-corrected chi connectivity index (χ3v) is 5.62. The molecule has 29 heavy (non-hydrogen) atoms. The van der Waals surface area contributed by atoms with Crippen LogP contribution in [0.1, 0.15) is 38.2 Å². The highest BCUT2D eigenvalue weighted by molar-refractivity contribution is 7.15. The Labute approximate surface area is 173 Å². The number of nitrogens with zero attached hydrogens (tertiary/aromatic N) is 3. The van der Waals surface area contributed by atoms with Crippen molar-refractivity contribution in [1.29, 1.82) is 0 Å². The molecule has 0 saturated heterocycles. The van der Waals surface area contributed by atoms with E-state index in [1.54, 1.807) is 0 Å². The molecule has 2 aromatic carbocycles. The molecule has 0 saturated carbocycles. The summed E-state index contributed by atoms with van der Waals surface area (Å²) in [4.78, 5) is 17.8. The Balaban J connectivity index is 1.50. The van der Waals surface area contributed by atoms with Crippen LogP contribution in [-0.2, 0) is 0 Å². The number of ether oxygens (including phenoxy) is 1. The SMILES string of the molecule is CCCCCCOc1ccc(-c2nc3s/c(=C\c4ccccc4)c(=O)n3n2)cc1. The molecule has 0 radical (unpaired) electrons. The minimum Gasteiger partial charge on any atom is -0.494 e. The van der Waals surface area contributed by atoms with Gasteiger partial charge in [-0.3, -0.25) is 4.79 Å². The van der Waals surface area contributed by atoms with Gasteiger partial charge in [-0.2, -0.15) is 9.50 Å². The summed E-state index contributed by atoms with van der Waals surface area (Å²) in [6.45, 7) is 2.93. The number of hydrogen-bond acceptors (Lipinski definition) is 5. The molecule has 0 spiro atoms. The second-order valence-corrected chi connectivity index (χ2v) is 7.90. The van der Waals surface area contributed by atoms with Gasteiger partial charge in [-0.15, -0.1) is 5.10 Å². The van der Waals surface area contributed by atoms with Crippen LogP contribution >= 0.6 is 11.3 Å². The van der Waals surface area contributed by atoms with Gasteiger partial charge in [-0.25, -0.2) is 0 Å². The molecule has 0 atom stereocenters. The standard InChI is InChI=1S/C23H23N3O2S/c1-2-3-4-8-15-28-19-13-11-18(12-14-19)21-24-23-26(25-21)22(27)20(29-23)16-17-9-6-5-7-10-17/h5-7,9-14,16H,2-4,8,15H2,1H3/b20-16-. The maximum absolute atomic E-state index is 12.6. The van der Waals surface area contributed by atoms with Crippen LogP contribution < -0.4 is 14.8 Å². The molecular weight excluding hydrogens is 382 g/mol. The zero-order valence-electron chi connectivity index (χ0n) is 16.4. The van der Waals surface area contributed by atoms with Gasteiger partial charge in [0.05, 0.1) is 11.1 Å². The lowest BCUT2D eigenvalue weighted by molar-refractivity contribution is 0.305. The third kappa shape index (κ3) is 4.54. The van der Waals surface area contributed by atoms with Crippen molar-refractivity contribution < 1.29 is 4.74 Å².